The molecule has 0 saturated heterocycles. The van der Waals surface area contributed by atoms with Crippen molar-refractivity contribution in [1.82, 2.24) is 0 Å². The molecule has 0 fully saturated rings. The van der Waals surface area contributed by atoms with Gasteiger partial charge < -0.3 is 9.84 Å². The van der Waals surface area contributed by atoms with Crippen LogP contribution in [0.1, 0.15) is 37.4 Å². The normalized spacial score (nSPS) is 12.9. The number of rotatable bonds is 1. The lowest BCUT2D eigenvalue weighted by molar-refractivity contribution is 0.0978. The SMILES string of the molecule is COc1cc(C)c(Br)c2ccc3c(c12)C(=O)c1c(O)cccc1C3=O. The van der Waals surface area contributed by atoms with E-state index in [1.165, 1.54) is 13.2 Å². The summed E-state index contributed by atoms with van der Waals surface area (Å²) in [5.74, 6) is -0.320. The molecule has 1 aliphatic carbocycles. The molecule has 0 bridgehead atoms. The Balaban J connectivity index is 2.18. The zero-order valence-corrected chi connectivity index (χ0v) is 15.1. The molecule has 0 spiro atoms. The molecule has 0 heterocycles. The van der Waals surface area contributed by atoms with Gasteiger partial charge >= 0.3 is 0 Å². The summed E-state index contributed by atoms with van der Waals surface area (Å²) < 4.78 is 6.33. The molecule has 0 atom stereocenters. The fraction of sp³-hybridized carbons (Fsp3) is 0.100. The lowest BCUT2D eigenvalue weighted by atomic mass is 9.81. The van der Waals surface area contributed by atoms with Crippen LogP contribution in [0.4, 0.5) is 0 Å². The van der Waals surface area contributed by atoms with Crippen LogP contribution in [0.3, 0.4) is 0 Å². The number of methoxy groups -OCH3 is 1. The van der Waals surface area contributed by atoms with E-state index in [-0.39, 0.29) is 34.0 Å². The maximum Gasteiger partial charge on any atom is 0.199 e. The van der Waals surface area contributed by atoms with Gasteiger partial charge in [0, 0.05) is 31.9 Å². The largest absolute Gasteiger partial charge is 0.507 e. The predicted octanol–water partition coefficient (Wildman–Crippen LogP) is 4.40. The van der Waals surface area contributed by atoms with Gasteiger partial charge in [0.05, 0.1) is 12.7 Å². The van der Waals surface area contributed by atoms with Crippen LogP contribution >= 0.6 is 15.9 Å². The zero-order chi connectivity index (χ0) is 17.9. The monoisotopic (exact) mass is 396 g/mol. The maximum absolute atomic E-state index is 13.2. The average molecular weight is 397 g/mol. The van der Waals surface area contributed by atoms with E-state index in [9.17, 15) is 14.7 Å². The van der Waals surface area contributed by atoms with E-state index < -0.39 is 0 Å². The van der Waals surface area contributed by atoms with Crippen LogP contribution in [0.5, 0.6) is 11.5 Å². The first kappa shape index (κ1) is 15.8. The van der Waals surface area contributed by atoms with E-state index >= 15 is 0 Å². The lowest BCUT2D eigenvalue weighted by Gasteiger charge is -2.21. The van der Waals surface area contributed by atoms with Crippen LogP contribution in [-0.4, -0.2) is 23.8 Å². The minimum atomic E-state index is -0.373. The number of fused-ring (bicyclic) bond motifs is 4. The number of ether oxygens (including phenoxy) is 1. The zero-order valence-electron chi connectivity index (χ0n) is 13.5. The molecule has 0 radical (unpaired) electrons. The Morgan fingerprint density at radius 3 is 2.44 bits per heavy atom. The Morgan fingerprint density at radius 1 is 1.00 bits per heavy atom. The Morgan fingerprint density at radius 2 is 1.72 bits per heavy atom. The Bertz CT molecular complexity index is 1100. The molecule has 0 saturated carbocycles. The molecule has 3 aromatic rings. The van der Waals surface area contributed by atoms with Gasteiger partial charge in [-0.25, -0.2) is 0 Å². The van der Waals surface area contributed by atoms with Gasteiger partial charge in [0.2, 0.25) is 0 Å². The van der Waals surface area contributed by atoms with Crippen molar-refractivity contribution in [3.05, 3.63) is 68.7 Å². The summed E-state index contributed by atoms with van der Waals surface area (Å²) in [6.45, 7) is 1.93. The second-order valence-corrected chi connectivity index (χ2v) is 6.77. The van der Waals surface area contributed by atoms with Gasteiger partial charge in [0.25, 0.3) is 0 Å². The number of hydrogen-bond acceptors (Lipinski definition) is 4. The molecule has 124 valence electrons. The molecule has 3 aromatic carbocycles. The smallest absolute Gasteiger partial charge is 0.199 e. The summed E-state index contributed by atoms with van der Waals surface area (Å²) in [6, 6.07) is 9.83. The van der Waals surface area contributed by atoms with E-state index in [0.717, 1.165) is 15.4 Å². The quantitative estimate of drug-likeness (QED) is 0.517. The van der Waals surface area contributed by atoms with Crippen LogP contribution < -0.4 is 4.74 Å². The second kappa shape index (κ2) is 5.43. The highest BCUT2D eigenvalue weighted by Gasteiger charge is 2.34. The molecule has 4 nitrogen and oxygen atoms in total. The number of phenolic OH excluding ortho intramolecular Hbond substituents is 1. The fourth-order valence-corrected chi connectivity index (χ4v) is 3.86. The average Bonchev–Trinajstić information content (AvgIpc) is 2.61. The van der Waals surface area contributed by atoms with Crippen LogP contribution in [0.2, 0.25) is 0 Å². The first-order valence-electron chi connectivity index (χ1n) is 7.67. The molecular weight excluding hydrogens is 384 g/mol. The molecular formula is C20H13BrO4. The van der Waals surface area contributed by atoms with Gasteiger partial charge in [-0.1, -0.05) is 18.2 Å². The molecule has 5 heteroatoms. The number of carbonyl (C=O) groups is 2. The standard InChI is InChI=1S/C20H13BrO4/c1-9-8-14(25-2)16-10(18(9)21)6-7-12-17(16)20(24)15-11(19(12)23)4-3-5-13(15)22/h3-8,22H,1-2H3. The van der Waals surface area contributed by atoms with Crippen molar-refractivity contribution in [3.8, 4) is 11.5 Å². The summed E-state index contributed by atoms with van der Waals surface area (Å²) in [5.41, 5.74) is 1.83. The first-order chi connectivity index (χ1) is 12.0. The Kier molecular flexibility index (Phi) is 3.44. The van der Waals surface area contributed by atoms with Crippen molar-refractivity contribution in [2.45, 2.75) is 6.92 Å². The van der Waals surface area contributed by atoms with Crippen molar-refractivity contribution in [2.24, 2.45) is 0 Å². The van der Waals surface area contributed by atoms with Crippen molar-refractivity contribution in [1.29, 1.82) is 0 Å². The molecule has 0 aromatic heterocycles. The van der Waals surface area contributed by atoms with Crippen molar-refractivity contribution < 1.29 is 19.4 Å². The summed E-state index contributed by atoms with van der Waals surface area (Å²) in [5, 5.41) is 11.5. The van der Waals surface area contributed by atoms with Crippen LogP contribution in [0.15, 0.2) is 40.9 Å². The van der Waals surface area contributed by atoms with Crippen LogP contribution in [0.25, 0.3) is 10.8 Å². The number of ketones is 2. The molecule has 1 aliphatic rings. The number of phenols is 1. The van der Waals surface area contributed by atoms with Gasteiger partial charge in [-0.3, -0.25) is 9.59 Å². The van der Waals surface area contributed by atoms with Crippen LogP contribution in [-0.2, 0) is 0 Å². The fourth-order valence-electron chi connectivity index (χ4n) is 3.41. The lowest BCUT2D eigenvalue weighted by Crippen LogP contribution is -2.21. The van der Waals surface area contributed by atoms with Crippen molar-refractivity contribution >= 4 is 38.3 Å². The summed E-state index contributed by atoms with van der Waals surface area (Å²) >= 11 is 3.55. The molecule has 1 N–H and O–H groups in total. The predicted molar refractivity (Wildman–Crippen MR) is 97.9 cm³/mol. The third-order valence-electron chi connectivity index (χ3n) is 4.59. The van der Waals surface area contributed by atoms with E-state index in [4.69, 9.17) is 4.74 Å². The van der Waals surface area contributed by atoms with Crippen molar-refractivity contribution in [2.75, 3.05) is 7.11 Å². The number of benzene rings is 3. The molecule has 0 aliphatic heterocycles. The Hall–Kier alpha value is -2.66. The molecule has 0 amide bonds. The van der Waals surface area contributed by atoms with E-state index in [1.54, 1.807) is 18.2 Å². The highest BCUT2D eigenvalue weighted by molar-refractivity contribution is 9.10. The summed E-state index contributed by atoms with van der Waals surface area (Å²) in [7, 11) is 1.53. The van der Waals surface area contributed by atoms with E-state index in [2.05, 4.69) is 15.9 Å². The first-order valence-corrected chi connectivity index (χ1v) is 8.46. The van der Waals surface area contributed by atoms with E-state index in [0.29, 0.717) is 16.7 Å². The van der Waals surface area contributed by atoms with Gasteiger partial charge in [-0.2, -0.15) is 0 Å². The number of carbonyl (C=O) groups excluding carboxylic acids is 2. The number of aryl methyl sites for hydroxylation is 1. The second-order valence-electron chi connectivity index (χ2n) is 5.98. The van der Waals surface area contributed by atoms with Crippen LogP contribution in [0, 0.1) is 6.92 Å². The highest BCUT2D eigenvalue weighted by Crippen LogP contribution is 2.42. The van der Waals surface area contributed by atoms with Gasteiger partial charge in [0.15, 0.2) is 11.6 Å². The minimum Gasteiger partial charge on any atom is -0.507 e. The van der Waals surface area contributed by atoms with Gasteiger partial charge in [0.1, 0.15) is 11.5 Å². The van der Waals surface area contributed by atoms with Crippen molar-refractivity contribution in [3.63, 3.8) is 0 Å². The Labute approximate surface area is 152 Å². The van der Waals surface area contributed by atoms with Gasteiger partial charge in [-0.15, -0.1) is 0 Å². The highest BCUT2D eigenvalue weighted by atomic mass is 79.9. The van der Waals surface area contributed by atoms with Gasteiger partial charge in [-0.05, 0) is 46.6 Å². The number of aromatic hydroxyl groups is 1. The number of halogens is 1. The third-order valence-corrected chi connectivity index (χ3v) is 5.64. The number of hydrogen-bond donors (Lipinski definition) is 1. The summed E-state index contributed by atoms with van der Waals surface area (Å²) in [6.07, 6.45) is 0. The molecule has 0 unspecified atom stereocenters. The maximum atomic E-state index is 13.2. The third kappa shape index (κ3) is 2.05. The minimum absolute atomic E-state index is 0.0475. The topological polar surface area (TPSA) is 63.6 Å². The molecule has 4 rings (SSSR count). The molecule has 25 heavy (non-hydrogen) atoms. The summed E-state index contributed by atoms with van der Waals surface area (Å²) in [4.78, 5) is 26.1. The van der Waals surface area contributed by atoms with E-state index in [1.807, 2.05) is 19.1 Å².